The number of halogens is 1. The number of aromatic nitrogens is 2. The normalized spacial score (nSPS) is 10.7. The number of nitrogens with two attached hydrogens (primary N) is 1. The summed E-state index contributed by atoms with van der Waals surface area (Å²) >= 11 is 6.06. The lowest BCUT2D eigenvalue weighted by molar-refractivity contribution is -0.139. The Hall–Kier alpha value is -2.86. The maximum atomic E-state index is 10.6. The number of carboxylic acids is 1. The Morgan fingerprint density at radius 1 is 1.22 bits per heavy atom. The summed E-state index contributed by atoms with van der Waals surface area (Å²) in [4.78, 5) is 19.1. The van der Waals surface area contributed by atoms with Crippen molar-refractivity contribution in [1.82, 2.24) is 9.97 Å². The molecule has 0 aliphatic carbocycles. The number of nitrogen functional groups attached to an aromatic ring is 1. The smallest absolute Gasteiger partial charge is 0.341 e. The van der Waals surface area contributed by atoms with Gasteiger partial charge in [-0.1, -0.05) is 23.7 Å². The Labute approximate surface area is 136 Å². The van der Waals surface area contributed by atoms with Gasteiger partial charge in [-0.3, -0.25) is 0 Å². The highest BCUT2D eigenvalue weighted by Gasteiger charge is 2.10. The number of hydrogen-bond acceptors (Lipinski definition) is 5. The number of benzene rings is 2. The number of aliphatic carboxylic acids is 1. The van der Waals surface area contributed by atoms with Crippen LogP contribution < -0.4 is 10.5 Å². The van der Waals surface area contributed by atoms with E-state index in [4.69, 9.17) is 27.2 Å². The zero-order chi connectivity index (χ0) is 16.4. The summed E-state index contributed by atoms with van der Waals surface area (Å²) in [6, 6.07) is 12.2. The lowest BCUT2D eigenvalue weighted by Crippen LogP contribution is -2.09. The zero-order valence-electron chi connectivity index (χ0n) is 11.9. The molecular weight excluding hydrogens is 318 g/mol. The van der Waals surface area contributed by atoms with Crippen LogP contribution in [0.25, 0.3) is 22.2 Å². The van der Waals surface area contributed by atoms with Crippen molar-refractivity contribution in [3.05, 3.63) is 47.5 Å². The molecule has 0 bridgehead atoms. The van der Waals surface area contributed by atoms with E-state index in [2.05, 4.69) is 9.97 Å². The minimum atomic E-state index is -1.04. The molecule has 1 aromatic heterocycles. The van der Waals surface area contributed by atoms with E-state index in [-0.39, 0.29) is 5.95 Å². The standard InChI is InChI=1S/C16H12ClN3O3/c17-10-4-5-13-12(7-10)15(20-16(18)19-13)9-2-1-3-11(6-9)23-8-14(21)22/h1-7H,8H2,(H,21,22)(H2,18,19,20). The summed E-state index contributed by atoms with van der Waals surface area (Å²) in [5, 5.41) is 10.0. The maximum absolute atomic E-state index is 10.6. The van der Waals surface area contributed by atoms with E-state index < -0.39 is 12.6 Å². The van der Waals surface area contributed by atoms with Crippen LogP contribution in [-0.4, -0.2) is 27.7 Å². The monoisotopic (exact) mass is 329 g/mol. The van der Waals surface area contributed by atoms with Gasteiger partial charge in [0.15, 0.2) is 6.61 Å². The number of anilines is 1. The minimum Gasteiger partial charge on any atom is -0.482 e. The van der Waals surface area contributed by atoms with Crippen molar-refractivity contribution in [3.63, 3.8) is 0 Å². The van der Waals surface area contributed by atoms with Crippen LogP contribution in [0.3, 0.4) is 0 Å². The number of carboxylic acid groups (broad SMARTS) is 1. The molecule has 0 amide bonds. The summed E-state index contributed by atoms with van der Waals surface area (Å²) in [5.41, 5.74) is 7.79. The predicted molar refractivity (Wildman–Crippen MR) is 87.5 cm³/mol. The van der Waals surface area contributed by atoms with Crippen LogP contribution in [0.15, 0.2) is 42.5 Å². The first-order chi connectivity index (χ1) is 11.0. The average Bonchev–Trinajstić information content (AvgIpc) is 2.53. The van der Waals surface area contributed by atoms with Gasteiger partial charge >= 0.3 is 5.97 Å². The second-order valence-corrected chi connectivity index (χ2v) is 5.24. The second kappa shape index (κ2) is 6.10. The number of rotatable bonds is 4. The van der Waals surface area contributed by atoms with Crippen LogP contribution in [0.5, 0.6) is 5.75 Å². The summed E-state index contributed by atoms with van der Waals surface area (Å²) in [6.45, 7) is -0.415. The van der Waals surface area contributed by atoms with E-state index in [9.17, 15) is 4.79 Å². The molecular formula is C16H12ClN3O3. The highest BCUT2D eigenvalue weighted by Crippen LogP contribution is 2.30. The van der Waals surface area contributed by atoms with Crippen LogP contribution in [0.1, 0.15) is 0 Å². The number of ether oxygens (including phenoxy) is 1. The number of carbonyl (C=O) groups is 1. The molecule has 0 saturated carbocycles. The first-order valence-corrected chi connectivity index (χ1v) is 7.08. The quantitative estimate of drug-likeness (QED) is 0.763. The van der Waals surface area contributed by atoms with Gasteiger partial charge in [0.1, 0.15) is 5.75 Å². The van der Waals surface area contributed by atoms with Crippen molar-refractivity contribution >= 4 is 34.4 Å². The topological polar surface area (TPSA) is 98.3 Å². The fourth-order valence-electron chi connectivity index (χ4n) is 2.22. The van der Waals surface area contributed by atoms with Crippen molar-refractivity contribution in [3.8, 4) is 17.0 Å². The van der Waals surface area contributed by atoms with E-state index in [0.717, 1.165) is 10.9 Å². The molecule has 0 aliphatic rings. The highest BCUT2D eigenvalue weighted by molar-refractivity contribution is 6.31. The van der Waals surface area contributed by atoms with Crippen molar-refractivity contribution in [2.75, 3.05) is 12.3 Å². The first kappa shape index (κ1) is 15.1. The zero-order valence-corrected chi connectivity index (χ0v) is 12.6. The molecule has 23 heavy (non-hydrogen) atoms. The van der Waals surface area contributed by atoms with Gasteiger partial charge in [0.05, 0.1) is 11.2 Å². The lowest BCUT2D eigenvalue weighted by Gasteiger charge is -2.09. The third kappa shape index (κ3) is 3.32. The molecule has 1 heterocycles. The van der Waals surface area contributed by atoms with Crippen molar-refractivity contribution in [2.24, 2.45) is 0 Å². The fraction of sp³-hybridized carbons (Fsp3) is 0.0625. The van der Waals surface area contributed by atoms with Crippen LogP contribution in [0.4, 0.5) is 5.95 Å². The van der Waals surface area contributed by atoms with Crippen molar-refractivity contribution in [1.29, 1.82) is 0 Å². The molecule has 6 nitrogen and oxygen atoms in total. The van der Waals surface area contributed by atoms with Gasteiger partial charge in [0.2, 0.25) is 5.95 Å². The molecule has 2 aromatic carbocycles. The molecule has 0 fully saturated rings. The Kier molecular flexibility index (Phi) is 3.99. The van der Waals surface area contributed by atoms with Crippen LogP contribution in [0.2, 0.25) is 5.02 Å². The van der Waals surface area contributed by atoms with Gasteiger partial charge in [-0.15, -0.1) is 0 Å². The van der Waals surface area contributed by atoms with E-state index >= 15 is 0 Å². The third-order valence-electron chi connectivity index (χ3n) is 3.14. The summed E-state index contributed by atoms with van der Waals surface area (Å²) in [7, 11) is 0. The molecule has 0 unspecified atom stereocenters. The molecule has 0 saturated heterocycles. The summed E-state index contributed by atoms with van der Waals surface area (Å²) in [6.07, 6.45) is 0. The Balaban J connectivity index is 2.11. The van der Waals surface area contributed by atoms with E-state index in [1.165, 1.54) is 0 Å². The molecule has 0 atom stereocenters. The first-order valence-electron chi connectivity index (χ1n) is 6.71. The molecule has 3 N–H and O–H groups in total. The molecule has 3 aromatic rings. The number of nitrogens with zero attached hydrogens (tertiary/aromatic N) is 2. The lowest BCUT2D eigenvalue weighted by atomic mass is 10.1. The van der Waals surface area contributed by atoms with Gasteiger partial charge in [-0.2, -0.15) is 0 Å². The van der Waals surface area contributed by atoms with E-state index in [1.807, 2.05) is 6.07 Å². The largest absolute Gasteiger partial charge is 0.482 e. The maximum Gasteiger partial charge on any atom is 0.341 e. The van der Waals surface area contributed by atoms with Gasteiger partial charge in [0, 0.05) is 16.0 Å². The molecule has 3 rings (SSSR count). The Morgan fingerprint density at radius 3 is 2.83 bits per heavy atom. The Morgan fingerprint density at radius 2 is 2.04 bits per heavy atom. The SMILES string of the molecule is Nc1nc(-c2cccc(OCC(=O)O)c2)c2cc(Cl)ccc2n1. The number of fused-ring (bicyclic) bond motifs is 1. The minimum absolute atomic E-state index is 0.145. The molecule has 0 aliphatic heterocycles. The van der Waals surface area contributed by atoms with Crippen LogP contribution in [0, 0.1) is 0 Å². The van der Waals surface area contributed by atoms with Crippen molar-refractivity contribution in [2.45, 2.75) is 0 Å². The van der Waals surface area contributed by atoms with Crippen LogP contribution >= 0.6 is 11.6 Å². The van der Waals surface area contributed by atoms with Crippen LogP contribution in [-0.2, 0) is 4.79 Å². The van der Waals surface area contributed by atoms with Gasteiger partial charge in [0.25, 0.3) is 0 Å². The number of hydrogen-bond donors (Lipinski definition) is 2. The third-order valence-corrected chi connectivity index (χ3v) is 3.38. The summed E-state index contributed by atoms with van der Waals surface area (Å²) in [5.74, 6) is -0.470. The van der Waals surface area contributed by atoms with Gasteiger partial charge < -0.3 is 15.6 Å². The van der Waals surface area contributed by atoms with E-state index in [1.54, 1.807) is 36.4 Å². The highest BCUT2D eigenvalue weighted by atomic mass is 35.5. The van der Waals surface area contributed by atoms with Gasteiger partial charge in [-0.05, 0) is 30.3 Å². The second-order valence-electron chi connectivity index (χ2n) is 4.80. The molecule has 116 valence electrons. The predicted octanol–water partition coefficient (Wildman–Crippen LogP) is 3.00. The Bertz CT molecular complexity index is 899. The van der Waals surface area contributed by atoms with E-state index in [0.29, 0.717) is 22.0 Å². The molecule has 7 heteroatoms. The molecule has 0 radical (unpaired) electrons. The van der Waals surface area contributed by atoms with Gasteiger partial charge in [-0.25, -0.2) is 14.8 Å². The fourth-order valence-corrected chi connectivity index (χ4v) is 2.39. The average molecular weight is 330 g/mol. The molecule has 0 spiro atoms. The van der Waals surface area contributed by atoms with Crippen molar-refractivity contribution < 1.29 is 14.6 Å². The summed E-state index contributed by atoms with van der Waals surface area (Å²) < 4.78 is 5.20.